The van der Waals surface area contributed by atoms with Crippen molar-refractivity contribution in [3.8, 4) is 11.1 Å². The second kappa shape index (κ2) is 12.2. The molecule has 5 aliphatic rings. The quantitative estimate of drug-likeness (QED) is 0.433. The van der Waals surface area contributed by atoms with E-state index in [4.69, 9.17) is 4.98 Å². The Labute approximate surface area is 231 Å². The highest BCUT2D eigenvalue weighted by molar-refractivity contribution is 5.83. The van der Waals surface area contributed by atoms with Gasteiger partial charge in [-0.1, -0.05) is 57.7 Å². The predicted molar refractivity (Wildman–Crippen MR) is 162 cm³/mol. The van der Waals surface area contributed by atoms with E-state index in [1.54, 1.807) is 0 Å². The highest BCUT2D eigenvalue weighted by atomic mass is 15.3. The molecule has 5 fully saturated rings. The van der Waals surface area contributed by atoms with Gasteiger partial charge < -0.3 is 15.1 Å². The van der Waals surface area contributed by atoms with E-state index < -0.39 is 0 Å². The molecule has 2 saturated carbocycles. The fourth-order valence-corrected chi connectivity index (χ4v) is 6.33. The zero-order valence-electron chi connectivity index (χ0n) is 24.3. The maximum atomic E-state index is 4.74. The number of hydrogen-bond acceptors (Lipinski definition) is 5. The molecule has 5 nitrogen and oxygen atoms in total. The van der Waals surface area contributed by atoms with Crippen LogP contribution in [0.15, 0.2) is 31.0 Å². The molecule has 1 aromatic carbocycles. The molecule has 5 heteroatoms. The largest absolute Gasteiger partial charge is 0.367 e. The Balaban J connectivity index is 0.000000316. The van der Waals surface area contributed by atoms with Gasteiger partial charge in [-0.3, -0.25) is 0 Å². The Kier molecular flexibility index (Phi) is 8.72. The monoisotopic (exact) mass is 515 g/mol. The van der Waals surface area contributed by atoms with Crippen LogP contribution in [0.4, 0.5) is 11.6 Å². The molecule has 0 amide bonds. The fraction of sp³-hybridized carbons (Fsp3) is 0.636. The molecule has 1 N–H and O–H groups in total. The third-order valence-electron chi connectivity index (χ3n) is 9.27. The van der Waals surface area contributed by atoms with Gasteiger partial charge in [-0.25, -0.2) is 9.97 Å². The second-order valence-electron chi connectivity index (χ2n) is 12.7. The van der Waals surface area contributed by atoms with Gasteiger partial charge in [0.1, 0.15) is 0 Å². The lowest BCUT2D eigenvalue weighted by Crippen LogP contribution is -2.37. The van der Waals surface area contributed by atoms with Gasteiger partial charge in [0.2, 0.25) is 5.95 Å². The Morgan fingerprint density at radius 2 is 1.61 bits per heavy atom. The van der Waals surface area contributed by atoms with Crippen LogP contribution in [-0.2, 0) is 0 Å². The molecule has 0 atom stereocenters. The molecule has 2 bridgehead atoms. The molecule has 7 rings (SSSR count). The summed E-state index contributed by atoms with van der Waals surface area (Å²) in [5.74, 6) is 3.59. The molecule has 0 unspecified atom stereocenters. The molecular formula is C33H49N5. The molecule has 4 heterocycles. The van der Waals surface area contributed by atoms with Gasteiger partial charge in [0.25, 0.3) is 0 Å². The number of nitrogens with one attached hydrogen (secondary N) is 1. The average molecular weight is 516 g/mol. The standard InChI is InChI=1S/C25H33N5.C8H16/c1-17(2)23-14-21(30-13-12-29-10-8-20(30)9-11-29)6-7-22(23)24-16-27-25(28-18(24)3)26-15-19-4-5-19;1-7-3-5-8(2)6-4-7/h6-7,14,16,19-20H,1,4-5,8-13,15H2,2-3H3,(H,26,27,28);7-8H,3-6H2,1-2H3. The number of aryl methyl sites for hydroxylation is 1. The number of fused-ring (bicyclic) bond motifs is 4. The molecule has 206 valence electrons. The van der Waals surface area contributed by atoms with Crippen LogP contribution in [0.5, 0.6) is 0 Å². The zero-order valence-corrected chi connectivity index (χ0v) is 24.3. The summed E-state index contributed by atoms with van der Waals surface area (Å²) >= 11 is 0. The lowest BCUT2D eigenvalue weighted by atomic mass is 9.84. The number of hydrogen-bond donors (Lipinski definition) is 1. The first-order chi connectivity index (χ1) is 18.4. The molecule has 0 radical (unpaired) electrons. The molecule has 3 aliphatic heterocycles. The van der Waals surface area contributed by atoms with Crippen molar-refractivity contribution in [3.63, 3.8) is 0 Å². The summed E-state index contributed by atoms with van der Waals surface area (Å²) in [4.78, 5) is 14.6. The maximum absolute atomic E-state index is 4.74. The summed E-state index contributed by atoms with van der Waals surface area (Å²) in [6, 6.07) is 7.54. The van der Waals surface area contributed by atoms with Crippen LogP contribution in [0.3, 0.4) is 0 Å². The van der Waals surface area contributed by atoms with Gasteiger partial charge >= 0.3 is 0 Å². The number of allylic oxidation sites excluding steroid dienone is 1. The van der Waals surface area contributed by atoms with Gasteiger partial charge in [-0.15, -0.1) is 0 Å². The zero-order chi connectivity index (χ0) is 26.6. The van der Waals surface area contributed by atoms with Crippen LogP contribution >= 0.6 is 0 Å². The van der Waals surface area contributed by atoms with Gasteiger partial charge in [0.05, 0.1) is 5.69 Å². The number of benzene rings is 1. The van der Waals surface area contributed by atoms with Gasteiger partial charge in [-0.05, 0) is 80.5 Å². The maximum Gasteiger partial charge on any atom is 0.222 e. The van der Waals surface area contributed by atoms with E-state index in [1.807, 2.05) is 6.20 Å². The summed E-state index contributed by atoms with van der Waals surface area (Å²) in [7, 11) is 0. The number of anilines is 2. The number of rotatable bonds is 6. The third kappa shape index (κ3) is 6.77. The molecule has 2 aromatic rings. The Morgan fingerprint density at radius 3 is 2.21 bits per heavy atom. The van der Waals surface area contributed by atoms with Crippen LogP contribution < -0.4 is 10.2 Å². The fourth-order valence-electron chi connectivity index (χ4n) is 6.33. The van der Waals surface area contributed by atoms with Gasteiger partial charge in [-0.2, -0.15) is 0 Å². The number of piperidine rings is 1. The van der Waals surface area contributed by atoms with E-state index in [1.165, 1.54) is 87.8 Å². The van der Waals surface area contributed by atoms with Crippen molar-refractivity contribution < 1.29 is 0 Å². The smallest absolute Gasteiger partial charge is 0.222 e. The van der Waals surface area contributed by atoms with Crippen molar-refractivity contribution in [1.29, 1.82) is 0 Å². The van der Waals surface area contributed by atoms with E-state index in [0.29, 0.717) is 6.04 Å². The van der Waals surface area contributed by atoms with Crippen LogP contribution in [-0.4, -0.2) is 53.6 Å². The molecular weight excluding hydrogens is 466 g/mol. The molecule has 2 aliphatic carbocycles. The Morgan fingerprint density at radius 1 is 0.921 bits per heavy atom. The molecule has 0 spiro atoms. The summed E-state index contributed by atoms with van der Waals surface area (Å²) in [5, 5.41) is 3.39. The van der Waals surface area contributed by atoms with E-state index in [-0.39, 0.29) is 0 Å². The molecule has 1 aromatic heterocycles. The van der Waals surface area contributed by atoms with Crippen LogP contribution in [0.1, 0.15) is 83.4 Å². The van der Waals surface area contributed by atoms with Crippen LogP contribution in [0, 0.1) is 24.7 Å². The van der Waals surface area contributed by atoms with E-state index >= 15 is 0 Å². The van der Waals surface area contributed by atoms with Gasteiger partial charge in [0, 0.05) is 56.2 Å². The second-order valence-corrected chi connectivity index (χ2v) is 12.7. The van der Waals surface area contributed by atoms with Crippen LogP contribution in [0.25, 0.3) is 16.7 Å². The molecule has 38 heavy (non-hydrogen) atoms. The summed E-state index contributed by atoms with van der Waals surface area (Å²) in [6.45, 7) is 19.0. The van der Waals surface area contributed by atoms with Crippen molar-refractivity contribution >= 4 is 17.2 Å². The minimum atomic E-state index is 0.662. The van der Waals surface area contributed by atoms with Crippen molar-refractivity contribution in [1.82, 2.24) is 14.9 Å². The highest BCUT2D eigenvalue weighted by Gasteiger charge is 2.29. The summed E-state index contributed by atoms with van der Waals surface area (Å²) < 4.78 is 0. The third-order valence-corrected chi connectivity index (χ3v) is 9.27. The lowest BCUT2D eigenvalue weighted by Gasteiger charge is -2.33. The van der Waals surface area contributed by atoms with Crippen molar-refractivity contribution in [2.75, 3.05) is 42.9 Å². The van der Waals surface area contributed by atoms with Crippen molar-refractivity contribution in [2.45, 2.75) is 85.1 Å². The topological polar surface area (TPSA) is 44.3 Å². The first-order valence-electron chi connectivity index (χ1n) is 15.2. The number of nitrogens with zero attached hydrogens (tertiary/aromatic N) is 4. The van der Waals surface area contributed by atoms with E-state index in [0.717, 1.165) is 53.6 Å². The molecule has 3 saturated heterocycles. The predicted octanol–water partition coefficient (Wildman–Crippen LogP) is 7.42. The highest BCUT2D eigenvalue weighted by Crippen LogP contribution is 2.36. The Hall–Kier alpha value is -2.40. The van der Waals surface area contributed by atoms with Crippen molar-refractivity contribution in [2.24, 2.45) is 17.8 Å². The van der Waals surface area contributed by atoms with Crippen LogP contribution in [0.2, 0.25) is 0 Å². The first-order valence-corrected chi connectivity index (χ1v) is 15.2. The summed E-state index contributed by atoms with van der Waals surface area (Å²) in [6.07, 6.45) is 13.1. The summed E-state index contributed by atoms with van der Waals surface area (Å²) in [5.41, 5.74) is 6.91. The minimum Gasteiger partial charge on any atom is -0.367 e. The van der Waals surface area contributed by atoms with Crippen molar-refractivity contribution in [3.05, 3.63) is 42.2 Å². The van der Waals surface area contributed by atoms with E-state index in [9.17, 15) is 0 Å². The first kappa shape index (κ1) is 27.2. The Bertz CT molecular complexity index is 1080. The number of aromatic nitrogens is 2. The average Bonchev–Trinajstić information content (AvgIpc) is 3.78. The normalized spacial score (nSPS) is 26.8. The minimum absolute atomic E-state index is 0.662. The van der Waals surface area contributed by atoms with Gasteiger partial charge in [0.15, 0.2) is 0 Å². The van der Waals surface area contributed by atoms with E-state index in [2.05, 4.69) is 72.6 Å². The lowest BCUT2D eigenvalue weighted by molar-refractivity contribution is 0.250. The SMILES string of the molecule is C=C(C)c1cc(N2CCN3CCC2CC3)ccc1-c1cnc(NCC2CC2)nc1C.CC1CCC(C)CC1.